The summed E-state index contributed by atoms with van der Waals surface area (Å²) in [5.41, 5.74) is 5.04. The van der Waals surface area contributed by atoms with Crippen LogP contribution < -0.4 is 5.73 Å². The van der Waals surface area contributed by atoms with Crippen LogP contribution in [0.25, 0.3) is 0 Å². The van der Waals surface area contributed by atoms with Gasteiger partial charge in [-0.1, -0.05) is 6.08 Å². The molecule has 0 aromatic carbocycles. The number of hydrogen-bond donors (Lipinski definition) is 1. The highest BCUT2D eigenvalue weighted by Crippen LogP contribution is 2.01. The summed E-state index contributed by atoms with van der Waals surface area (Å²) in [5.74, 6) is -0.652. The SMILES string of the molecule is NC(=O)C1C=CC=NC=C1. The Bertz CT molecular complexity index is 200. The summed E-state index contributed by atoms with van der Waals surface area (Å²) in [4.78, 5) is 14.4. The zero-order valence-corrected chi connectivity index (χ0v) is 5.40. The van der Waals surface area contributed by atoms with Crippen molar-refractivity contribution in [2.24, 2.45) is 16.6 Å². The Hall–Kier alpha value is -1.38. The van der Waals surface area contributed by atoms with Crippen LogP contribution in [0.4, 0.5) is 0 Å². The molecule has 1 heterocycles. The third-order valence-electron chi connectivity index (χ3n) is 1.20. The second-order valence-corrected chi connectivity index (χ2v) is 1.95. The number of carbonyl (C=O) groups is 1. The van der Waals surface area contributed by atoms with Crippen molar-refractivity contribution in [3.63, 3.8) is 0 Å². The zero-order valence-electron chi connectivity index (χ0n) is 5.40. The Morgan fingerprint density at radius 3 is 3.00 bits per heavy atom. The highest BCUT2D eigenvalue weighted by atomic mass is 16.1. The van der Waals surface area contributed by atoms with E-state index < -0.39 is 0 Å². The topological polar surface area (TPSA) is 55.5 Å². The predicted octanol–water partition coefficient (Wildman–Crippen LogP) is 0.242. The van der Waals surface area contributed by atoms with E-state index in [1.54, 1.807) is 30.6 Å². The van der Waals surface area contributed by atoms with Crippen LogP contribution >= 0.6 is 0 Å². The van der Waals surface area contributed by atoms with Crippen molar-refractivity contribution < 1.29 is 4.79 Å². The van der Waals surface area contributed by atoms with Crippen molar-refractivity contribution in [2.75, 3.05) is 0 Å². The fraction of sp³-hybridized carbons (Fsp3) is 0.143. The van der Waals surface area contributed by atoms with Crippen molar-refractivity contribution in [3.8, 4) is 0 Å². The maximum absolute atomic E-state index is 10.6. The quantitative estimate of drug-likeness (QED) is 0.551. The first-order valence-electron chi connectivity index (χ1n) is 2.96. The molecule has 1 rings (SSSR count). The van der Waals surface area contributed by atoms with Gasteiger partial charge in [-0.3, -0.25) is 9.79 Å². The molecular formula is C7H8N2O. The lowest BCUT2D eigenvalue weighted by molar-refractivity contribution is -0.119. The fourth-order valence-corrected chi connectivity index (χ4v) is 0.665. The first-order valence-corrected chi connectivity index (χ1v) is 2.96. The van der Waals surface area contributed by atoms with E-state index >= 15 is 0 Å². The van der Waals surface area contributed by atoms with Crippen LogP contribution in [0, 0.1) is 5.92 Å². The lowest BCUT2D eigenvalue weighted by atomic mass is 10.1. The Labute approximate surface area is 58.9 Å². The van der Waals surface area contributed by atoms with Crippen LogP contribution in [-0.2, 0) is 4.79 Å². The van der Waals surface area contributed by atoms with E-state index in [1.165, 1.54) is 0 Å². The van der Waals surface area contributed by atoms with E-state index in [9.17, 15) is 4.79 Å². The van der Waals surface area contributed by atoms with Crippen molar-refractivity contribution in [1.82, 2.24) is 0 Å². The van der Waals surface area contributed by atoms with Crippen molar-refractivity contribution >= 4 is 12.1 Å². The molecule has 0 bridgehead atoms. The Morgan fingerprint density at radius 1 is 1.50 bits per heavy atom. The molecule has 2 N–H and O–H groups in total. The monoisotopic (exact) mass is 136 g/mol. The number of amides is 1. The van der Waals surface area contributed by atoms with Crippen LogP contribution in [0.15, 0.2) is 29.4 Å². The second-order valence-electron chi connectivity index (χ2n) is 1.95. The van der Waals surface area contributed by atoms with Crippen LogP contribution in [0.3, 0.4) is 0 Å². The summed E-state index contributed by atoms with van der Waals surface area (Å²) in [6.45, 7) is 0. The third-order valence-corrected chi connectivity index (χ3v) is 1.20. The molecular weight excluding hydrogens is 128 g/mol. The first-order chi connectivity index (χ1) is 4.80. The number of nitrogens with two attached hydrogens (primary N) is 1. The van der Waals surface area contributed by atoms with E-state index in [4.69, 9.17) is 5.73 Å². The lowest BCUT2D eigenvalue weighted by Crippen LogP contribution is -2.19. The van der Waals surface area contributed by atoms with Gasteiger partial charge in [-0.25, -0.2) is 0 Å². The number of nitrogens with zero attached hydrogens (tertiary/aromatic N) is 1. The zero-order chi connectivity index (χ0) is 7.40. The van der Waals surface area contributed by atoms with Gasteiger partial charge in [0.05, 0.1) is 5.92 Å². The third kappa shape index (κ3) is 1.55. The number of rotatable bonds is 1. The highest BCUT2D eigenvalue weighted by molar-refractivity contribution is 5.83. The molecule has 10 heavy (non-hydrogen) atoms. The minimum atomic E-state index is -0.349. The maximum atomic E-state index is 10.6. The minimum absolute atomic E-state index is 0.303. The molecule has 1 aliphatic rings. The van der Waals surface area contributed by atoms with Crippen molar-refractivity contribution in [1.29, 1.82) is 0 Å². The molecule has 0 saturated heterocycles. The molecule has 52 valence electrons. The van der Waals surface area contributed by atoms with Gasteiger partial charge >= 0.3 is 0 Å². The van der Waals surface area contributed by atoms with Gasteiger partial charge in [0.15, 0.2) is 0 Å². The number of aliphatic imine (C=N–C) groups is 1. The number of hydrogen-bond acceptors (Lipinski definition) is 2. The predicted molar refractivity (Wildman–Crippen MR) is 39.5 cm³/mol. The van der Waals surface area contributed by atoms with Gasteiger partial charge in [0, 0.05) is 12.4 Å². The van der Waals surface area contributed by atoms with Crippen molar-refractivity contribution in [2.45, 2.75) is 0 Å². The molecule has 1 atom stereocenters. The molecule has 0 aromatic heterocycles. The Balaban J connectivity index is 2.72. The standard InChI is InChI=1S/C7H8N2O/c8-7(10)6-2-1-4-9-5-3-6/h1-6H,(H2,8,10). The average Bonchev–Trinajstić information content (AvgIpc) is 2.12. The minimum Gasteiger partial charge on any atom is -0.369 e. The molecule has 0 radical (unpaired) electrons. The normalized spacial score (nSPS) is 22.6. The summed E-state index contributed by atoms with van der Waals surface area (Å²) >= 11 is 0. The molecule has 0 aromatic rings. The van der Waals surface area contributed by atoms with Crippen LogP contribution in [0.1, 0.15) is 0 Å². The molecule has 1 aliphatic heterocycles. The van der Waals surface area contributed by atoms with E-state index in [0.29, 0.717) is 0 Å². The van der Waals surface area contributed by atoms with Crippen LogP contribution in [0.2, 0.25) is 0 Å². The number of allylic oxidation sites excluding steroid dienone is 1. The number of primary amides is 1. The largest absolute Gasteiger partial charge is 0.369 e. The van der Waals surface area contributed by atoms with Gasteiger partial charge in [-0.15, -0.1) is 0 Å². The Morgan fingerprint density at radius 2 is 2.30 bits per heavy atom. The highest BCUT2D eigenvalue weighted by Gasteiger charge is 2.06. The molecule has 0 aliphatic carbocycles. The van der Waals surface area contributed by atoms with Gasteiger partial charge in [-0.05, 0) is 12.2 Å². The number of carbonyl (C=O) groups excluding carboxylic acids is 1. The molecule has 3 heteroatoms. The molecule has 1 unspecified atom stereocenters. The van der Waals surface area contributed by atoms with Gasteiger partial charge in [-0.2, -0.15) is 0 Å². The maximum Gasteiger partial charge on any atom is 0.228 e. The molecule has 0 fully saturated rings. The molecule has 3 nitrogen and oxygen atoms in total. The van der Waals surface area contributed by atoms with Crippen LogP contribution in [0.5, 0.6) is 0 Å². The summed E-state index contributed by atoms with van der Waals surface area (Å²) in [7, 11) is 0. The Kier molecular flexibility index (Phi) is 1.99. The van der Waals surface area contributed by atoms with E-state index in [1.807, 2.05) is 0 Å². The lowest BCUT2D eigenvalue weighted by Gasteiger charge is -1.97. The van der Waals surface area contributed by atoms with Crippen LogP contribution in [-0.4, -0.2) is 12.1 Å². The molecule has 1 amide bonds. The average molecular weight is 136 g/mol. The molecule has 0 spiro atoms. The van der Waals surface area contributed by atoms with Gasteiger partial charge in [0.1, 0.15) is 0 Å². The van der Waals surface area contributed by atoms with E-state index in [0.717, 1.165) is 0 Å². The second kappa shape index (κ2) is 2.96. The summed E-state index contributed by atoms with van der Waals surface area (Å²) in [5, 5.41) is 0. The summed E-state index contributed by atoms with van der Waals surface area (Å²) in [6, 6.07) is 0. The summed E-state index contributed by atoms with van der Waals surface area (Å²) in [6.07, 6.45) is 8.24. The van der Waals surface area contributed by atoms with Gasteiger partial charge in [0.2, 0.25) is 5.91 Å². The van der Waals surface area contributed by atoms with Crippen molar-refractivity contribution in [3.05, 3.63) is 24.4 Å². The smallest absolute Gasteiger partial charge is 0.228 e. The van der Waals surface area contributed by atoms with Gasteiger partial charge < -0.3 is 5.73 Å². The first kappa shape index (κ1) is 6.74. The fourth-order valence-electron chi connectivity index (χ4n) is 0.665. The van der Waals surface area contributed by atoms with E-state index in [2.05, 4.69) is 4.99 Å². The molecule has 0 saturated carbocycles. The van der Waals surface area contributed by atoms with Gasteiger partial charge in [0.25, 0.3) is 0 Å². The van der Waals surface area contributed by atoms with E-state index in [-0.39, 0.29) is 11.8 Å². The summed E-state index contributed by atoms with van der Waals surface area (Å²) < 4.78 is 0.